The smallest absolute Gasteiger partial charge is 0.199 e. The Labute approximate surface area is 190 Å². The molecule has 0 radical (unpaired) electrons. The fraction of sp³-hybridized carbons (Fsp3) is 0.524. The molecule has 4 N–H and O–H groups in total. The highest BCUT2D eigenvalue weighted by Crippen LogP contribution is 2.34. The number of thioether (sulfide) groups is 1. The molecule has 1 fully saturated rings. The SMILES string of the molecule is C#CC(O)(CC)Cc1ncc(OC[C@@H]2CNCCS2)c2c1nc(-c1nonc1N)n2CC. The molecule has 0 aromatic carbocycles. The van der Waals surface area contributed by atoms with Gasteiger partial charge in [-0.2, -0.15) is 11.8 Å². The lowest BCUT2D eigenvalue weighted by Crippen LogP contribution is -2.36. The molecule has 1 aliphatic rings. The first-order valence-corrected chi connectivity index (χ1v) is 11.7. The van der Waals surface area contributed by atoms with Crippen LogP contribution < -0.4 is 15.8 Å². The third kappa shape index (κ3) is 4.26. The number of aryl methyl sites for hydroxylation is 1. The number of nitrogens with two attached hydrogens (primary N) is 1. The predicted octanol–water partition coefficient (Wildman–Crippen LogP) is 1.48. The molecule has 1 aliphatic heterocycles. The summed E-state index contributed by atoms with van der Waals surface area (Å²) in [7, 11) is 0. The number of rotatable bonds is 8. The van der Waals surface area contributed by atoms with Gasteiger partial charge < -0.3 is 25.5 Å². The Morgan fingerprint density at radius 1 is 1.47 bits per heavy atom. The zero-order chi connectivity index (χ0) is 22.7. The summed E-state index contributed by atoms with van der Waals surface area (Å²) in [6, 6.07) is 0. The molecular formula is C21H27N7O3S. The number of pyridine rings is 1. The van der Waals surface area contributed by atoms with E-state index < -0.39 is 5.60 Å². The number of anilines is 1. The highest BCUT2D eigenvalue weighted by Gasteiger charge is 2.28. The van der Waals surface area contributed by atoms with Crippen molar-refractivity contribution >= 4 is 28.6 Å². The molecule has 2 atom stereocenters. The number of hydrogen-bond acceptors (Lipinski definition) is 10. The Morgan fingerprint density at radius 2 is 2.31 bits per heavy atom. The number of imidazole rings is 1. The molecule has 0 saturated carbocycles. The Morgan fingerprint density at radius 3 is 2.94 bits per heavy atom. The van der Waals surface area contributed by atoms with Gasteiger partial charge in [0, 0.05) is 31.8 Å². The van der Waals surface area contributed by atoms with Crippen LogP contribution in [-0.4, -0.2) is 66.3 Å². The fourth-order valence-electron chi connectivity index (χ4n) is 3.70. The van der Waals surface area contributed by atoms with Crippen LogP contribution in [0.15, 0.2) is 10.8 Å². The summed E-state index contributed by atoms with van der Waals surface area (Å²) < 4.78 is 13.0. The Hall–Kier alpha value is -2.81. The van der Waals surface area contributed by atoms with E-state index in [2.05, 4.69) is 26.5 Å². The van der Waals surface area contributed by atoms with Gasteiger partial charge in [0.15, 0.2) is 23.1 Å². The first kappa shape index (κ1) is 22.4. The maximum Gasteiger partial charge on any atom is 0.199 e. The van der Waals surface area contributed by atoms with Crippen LogP contribution in [0.2, 0.25) is 0 Å². The molecule has 170 valence electrons. The topological polar surface area (TPSA) is 137 Å². The highest BCUT2D eigenvalue weighted by atomic mass is 32.2. The zero-order valence-electron chi connectivity index (χ0n) is 18.2. The number of nitrogen functional groups attached to an aromatic ring is 1. The van der Waals surface area contributed by atoms with E-state index in [1.807, 2.05) is 30.2 Å². The quantitative estimate of drug-likeness (QED) is 0.427. The second kappa shape index (κ2) is 9.36. The molecule has 10 nitrogen and oxygen atoms in total. The lowest BCUT2D eigenvalue weighted by molar-refractivity contribution is 0.0970. The van der Waals surface area contributed by atoms with Crippen molar-refractivity contribution in [2.45, 2.75) is 44.1 Å². The summed E-state index contributed by atoms with van der Waals surface area (Å²) in [6.45, 7) is 6.84. The molecule has 32 heavy (non-hydrogen) atoms. The molecule has 4 heterocycles. The Bertz CT molecular complexity index is 1130. The van der Waals surface area contributed by atoms with Gasteiger partial charge in [-0.1, -0.05) is 12.8 Å². The normalized spacial score (nSPS) is 18.4. The standard InChI is InChI=1S/C21H27N7O3S/c1-4-21(29,5-2)9-14-16-18(15(11-24-14)30-12-13-10-23-7-8-32-13)28(6-3)20(25-16)17-19(22)27-31-26-17/h1,11,13,23,29H,5-10,12H2,2-3H3,(H2,22,27)/t13-,21?/m0/s1. The van der Waals surface area contributed by atoms with Crippen LogP contribution >= 0.6 is 11.8 Å². The van der Waals surface area contributed by atoms with Gasteiger partial charge in [-0.05, 0) is 23.7 Å². The molecule has 1 unspecified atom stereocenters. The van der Waals surface area contributed by atoms with Crippen molar-refractivity contribution in [2.24, 2.45) is 0 Å². The van der Waals surface area contributed by atoms with Crippen LogP contribution in [0.1, 0.15) is 26.0 Å². The first-order valence-electron chi connectivity index (χ1n) is 10.6. The van der Waals surface area contributed by atoms with Crippen molar-refractivity contribution in [3.8, 4) is 29.6 Å². The zero-order valence-corrected chi connectivity index (χ0v) is 19.0. The van der Waals surface area contributed by atoms with Crippen molar-refractivity contribution in [1.29, 1.82) is 0 Å². The molecule has 3 aromatic heterocycles. The number of nitrogens with one attached hydrogen (secondary N) is 1. The lowest BCUT2D eigenvalue weighted by atomic mass is 9.95. The van der Waals surface area contributed by atoms with E-state index in [0.717, 1.165) is 24.4 Å². The molecule has 0 amide bonds. The number of nitrogens with zero attached hydrogens (tertiary/aromatic N) is 5. The van der Waals surface area contributed by atoms with Crippen LogP contribution in [0, 0.1) is 12.3 Å². The van der Waals surface area contributed by atoms with Crippen molar-refractivity contribution < 1.29 is 14.5 Å². The van der Waals surface area contributed by atoms with Gasteiger partial charge in [0.05, 0.1) is 17.1 Å². The molecule has 4 rings (SSSR count). The molecular weight excluding hydrogens is 430 g/mol. The molecule has 3 aromatic rings. The molecule has 0 aliphatic carbocycles. The Balaban J connectivity index is 1.81. The van der Waals surface area contributed by atoms with Gasteiger partial charge in [0.2, 0.25) is 0 Å². The van der Waals surface area contributed by atoms with E-state index in [1.54, 1.807) is 6.20 Å². The third-order valence-electron chi connectivity index (χ3n) is 5.60. The van der Waals surface area contributed by atoms with Crippen LogP contribution in [0.5, 0.6) is 5.75 Å². The van der Waals surface area contributed by atoms with Crippen LogP contribution in [-0.2, 0) is 13.0 Å². The second-order valence-electron chi connectivity index (χ2n) is 7.66. The summed E-state index contributed by atoms with van der Waals surface area (Å²) in [5, 5.41) is 22.1. The maximum absolute atomic E-state index is 10.7. The number of aliphatic hydroxyl groups is 1. The third-order valence-corrected chi connectivity index (χ3v) is 6.81. The average Bonchev–Trinajstić information content (AvgIpc) is 3.42. The van der Waals surface area contributed by atoms with Crippen LogP contribution in [0.25, 0.3) is 22.6 Å². The van der Waals surface area contributed by atoms with Gasteiger partial charge in [-0.3, -0.25) is 4.98 Å². The first-order chi connectivity index (χ1) is 15.5. The highest BCUT2D eigenvalue weighted by molar-refractivity contribution is 8.00. The predicted molar refractivity (Wildman–Crippen MR) is 123 cm³/mol. The summed E-state index contributed by atoms with van der Waals surface area (Å²) in [5.41, 5.74) is 6.88. The van der Waals surface area contributed by atoms with Crippen molar-refractivity contribution in [3.63, 3.8) is 0 Å². The minimum Gasteiger partial charge on any atom is -0.488 e. The summed E-state index contributed by atoms with van der Waals surface area (Å²) in [4.78, 5) is 9.35. The van der Waals surface area contributed by atoms with E-state index in [4.69, 9.17) is 26.5 Å². The summed E-state index contributed by atoms with van der Waals surface area (Å²) >= 11 is 1.89. The van der Waals surface area contributed by atoms with Gasteiger partial charge in [0.1, 0.15) is 23.2 Å². The number of ether oxygens (including phenoxy) is 1. The number of hydrogen-bond donors (Lipinski definition) is 3. The van der Waals surface area contributed by atoms with Gasteiger partial charge >= 0.3 is 0 Å². The number of aromatic nitrogens is 5. The maximum atomic E-state index is 10.7. The molecule has 0 bridgehead atoms. The average molecular weight is 458 g/mol. The van der Waals surface area contributed by atoms with Crippen LogP contribution in [0.3, 0.4) is 0 Å². The van der Waals surface area contributed by atoms with E-state index in [9.17, 15) is 5.11 Å². The number of terminal acetylenes is 1. The van der Waals surface area contributed by atoms with Crippen molar-refractivity contribution in [2.75, 3.05) is 31.2 Å². The monoisotopic (exact) mass is 457 g/mol. The summed E-state index contributed by atoms with van der Waals surface area (Å²) in [6.07, 6.45) is 7.81. The van der Waals surface area contributed by atoms with E-state index in [-0.39, 0.29) is 12.2 Å². The van der Waals surface area contributed by atoms with Gasteiger partial charge in [-0.25, -0.2) is 9.61 Å². The molecule has 11 heteroatoms. The van der Waals surface area contributed by atoms with E-state index in [0.29, 0.717) is 53.3 Å². The van der Waals surface area contributed by atoms with Gasteiger partial charge in [0.25, 0.3) is 0 Å². The Kier molecular flexibility index (Phi) is 6.55. The van der Waals surface area contributed by atoms with Gasteiger partial charge in [-0.15, -0.1) is 6.42 Å². The summed E-state index contributed by atoms with van der Waals surface area (Å²) in [5.74, 6) is 4.77. The van der Waals surface area contributed by atoms with E-state index >= 15 is 0 Å². The number of fused-ring (bicyclic) bond motifs is 1. The minimum atomic E-state index is -1.32. The second-order valence-corrected chi connectivity index (χ2v) is 9.07. The van der Waals surface area contributed by atoms with Crippen molar-refractivity contribution in [3.05, 3.63) is 11.9 Å². The fourth-order valence-corrected chi connectivity index (χ4v) is 4.70. The largest absolute Gasteiger partial charge is 0.488 e. The van der Waals surface area contributed by atoms with Crippen molar-refractivity contribution in [1.82, 2.24) is 30.2 Å². The minimum absolute atomic E-state index is 0.144. The van der Waals surface area contributed by atoms with Crippen LogP contribution in [0.4, 0.5) is 5.82 Å². The van der Waals surface area contributed by atoms with E-state index in [1.165, 1.54) is 0 Å². The lowest BCUT2D eigenvalue weighted by Gasteiger charge is -2.23. The molecule has 0 spiro atoms. The molecule has 1 saturated heterocycles.